The van der Waals surface area contributed by atoms with E-state index in [2.05, 4.69) is 15.4 Å². The number of hydrogen-bond donors (Lipinski definition) is 2. The number of nitrogens with one attached hydrogen (secondary N) is 2. The van der Waals surface area contributed by atoms with Crippen molar-refractivity contribution in [1.29, 1.82) is 0 Å². The van der Waals surface area contributed by atoms with Gasteiger partial charge in [-0.15, -0.1) is 0 Å². The van der Waals surface area contributed by atoms with Crippen LogP contribution in [0.1, 0.15) is 6.42 Å². The average Bonchev–Trinajstić information content (AvgIpc) is 2.50. The molecule has 0 aromatic heterocycles. The van der Waals surface area contributed by atoms with Gasteiger partial charge in [0.1, 0.15) is 6.04 Å². The Morgan fingerprint density at radius 3 is 2.76 bits per heavy atom. The van der Waals surface area contributed by atoms with Gasteiger partial charge in [0, 0.05) is 18.8 Å². The lowest BCUT2D eigenvalue weighted by atomic mass is 10.1. The van der Waals surface area contributed by atoms with Crippen LogP contribution in [0.15, 0.2) is 30.3 Å². The summed E-state index contributed by atoms with van der Waals surface area (Å²) in [5, 5.41) is 5.35. The maximum Gasteiger partial charge on any atom is 0.322 e. The Kier molecular flexibility index (Phi) is 4.76. The smallest absolute Gasteiger partial charge is 0.322 e. The molecule has 1 aromatic rings. The maximum atomic E-state index is 12.3. The molecule has 1 aliphatic rings. The van der Waals surface area contributed by atoms with Crippen LogP contribution in [-0.4, -0.2) is 49.0 Å². The molecule has 7 nitrogen and oxygen atoms in total. The molecule has 1 saturated heterocycles. The highest BCUT2D eigenvalue weighted by Gasteiger charge is 2.35. The minimum atomic E-state index is -0.852. The highest BCUT2D eigenvalue weighted by Crippen LogP contribution is 2.13. The van der Waals surface area contributed by atoms with Crippen molar-refractivity contribution in [3.05, 3.63) is 30.3 Å². The van der Waals surface area contributed by atoms with Crippen molar-refractivity contribution < 1.29 is 19.1 Å². The quantitative estimate of drug-likeness (QED) is 0.798. The molecule has 1 fully saturated rings. The van der Waals surface area contributed by atoms with Crippen LogP contribution < -0.4 is 10.6 Å². The van der Waals surface area contributed by atoms with Crippen molar-refractivity contribution in [2.45, 2.75) is 12.5 Å². The molecule has 0 spiro atoms. The van der Waals surface area contributed by atoms with Crippen LogP contribution in [0.25, 0.3) is 0 Å². The van der Waals surface area contributed by atoms with E-state index in [-0.39, 0.29) is 12.3 Å². The van der Waals surface area contributed by atoms with Gasteiger partial charge in [-0.05, 0) is 12.1 Å². The molecule has 0 bridgehead atoms. The third kappa shape index (κ3) is 3.71. The maximum absolute atomic E-state index is 12.3. The van der Waals surface area contributed by atoms with E-state index in [1.54, 1.807) is 24.3 Å². The lowest BCUT2D eigenvalue weighted by molar-refractivity contribution is -0.145. The summed E-state index contributed by atoms with van der Waals surface area (Å²) in [6, 6.07) is 7.66. The molecule has 1 heterocycles. The van der Waals surface area contributed by atoms with Gasteiger partial charge in [0.15, 0.2) is 0 Å². The number of methoxy groups -OCH3 is 1. The summed E-state index contributed by atoms with van der Waals surface area (Å²) in [5.74, 6) is -0.885. The third-order valence-electron chi connectivity index (χ3n) is 3.20. The van der Waals surface area contributed by atoms with Gasteiger partial charge in [-0.2, -0.15) is 0 Å². The third-order valence-corrected chi connectivity index (χ3v) is 3.20. The van der Waals surface area contributed by atoms with Crippen molar-refractivity contribution >= 4 is 23.6 Å². The van der Waals surface area contributed by atoms with Gasteiger partial charge in [-0.1, -0.05) is 18.2 Å². The molecular weight excluding hydrogens is 274 g/mol. The minimum absolute atomic E-state index is 0.162. The molecule has 0 radical (unpaired) electrons. The molecule has 21 heavy (non-hydrogen) atoms. The zero-order valence-electron chi connectivity index (χ0n) is 11.7. The number of piperazine rings is 1. The van der Waals surface area contributed by atoms with Crippen molar-refractivity contribution in [3.8, 4) is 0 Å². The molecule has 0 unspecified atom stereocenters. The van der Waals surface area contributed by atoms with Gasteiger partial charge in [0.2, 0.25) is 5.91 Å². The summed E-state index contributed by atoms with van der Waals surface area (Å²) in [4.78, 5) is 36.9. The first kappa shape index (κ1) is 14.8. The van der Waals surface area contributed by atoms with E-state index in [4.69, 9.17) is 0 Å². The first-order valence-corrected chi connectivity index (χ1v) is 6.59. The van der Waals surface area contributed by atoms with Gasteiger partial charge >= 0.3 is 12.0 Å². The second-order valence-corrected chi connectivity index (χ2v) is 4.58. The topological polar surface area (TPSA) is 87.7 Å². The molecule has 3 amide bonds. The molecular formula is C14H17N3O4. The zero-order valence-corrected chi connectivity index (χ0v) is 11.7. The van der Waals surface area contributed by atoms with Crippen molar-refractivity contribution in [2.75, 3.05) is 25.5 Å². The van der Waals surface area contributed by atoms with Crippen LogP contribution >= 0.6 is 0 Å². The Balaban J connectivity index is 2.08. The molecule has 1 aliphatic heterocycles. The molecule has 0 saturated carbocycles. The van der Waals surface area contributed by atoms with E-state index in [1.807, 2.05) is 6.07 Å². The van der Waals surface area contributed by atoms with Crippen LogP contribution in [-0.2, 0) is 14.3 Å². The molecule has 7 heteroatoms. The minimum Gasteiger partial charge on any atom is -0.469 e. The van der Waals surface area contributed by atoms with E-state index in [0.29, 0.717) is 18.8 Å². The number of hydrogen-bond acceptors (Lipinski definition) is 4. The summed E-state index contributed by atoms with van der Waals surface area (Å²) in [5.41, 5.74) is 0.630. The second-order valence-electron chi connectivity index (χ2n) is 4.58. The Bertz CT molecular complexity index is 532. The van der Waals surface area contributed by atoms with Crippen LogP contribution in [0.3, 0.4) is 0 Å². The van der Waals surface area contributed by atoms with E-state index in [0.717, 1.165) is 0 Å². The number of urea groups is 1. The standard InChI is InChI=1S/C14H17N3O4/c1-21-12(18)9-11-13(19)15-7-8-17(11)14(20)16-10-5-3-2-4-6-10/h2-6,11H,7-9H2,1H3,(H,15,19)(H,16,20)/t11-/m0/s1. The van der Waals surface area contributed by atoms with Crippen LogP contribution in [0.5, 0.6) is 0 Å². The first-order chi connectivity index (χ1) is 10.1. The molecule has 0 aliphatic carbocycles. The molecule has 2 N–H and O–H groups in total. The van der Waals surface area contributed by atoms with E-state index < -0.39 is 18.0 Å². The zero-order chi connectivity index (χ0) is 15.2. The molecule has 1 aromatic carbocycles. The average molecular weight is 291 g/mol. The number of para-hydroxylation sites is 1. The highest BCUT2D eigenvalue weighted by molar-refractivity contribution is 5.96. The Hall–Kier alpha value is -2.57. The summed E-state index contributed by atoms with van der Waals surface area (Å²) >= 11 is 0. The number of carbonyl (C=O) groups is 3. The summed E-state index contributed by atoms with van der Waals surface area (Å²) in [7, 11) is 1.25. The van der Waals surface area contributed by atoms with Crippen molar-refractivity contribution in [1.82, 2.24) is 10.2 Å². The van der Waals surface area contributed by atoms with Crippen LogP contribution in [0.4, 0.5) is 10.5 Å². The fourth-order valence-corrected chi connectivity index (χ4v) is 2.12. The molecule has 2 rings (SSSR count). The number of ether oxygens (including phenoxy) is 1. The van der Waals surface area contributed by atoms with Crippen molar-refractivity contribution in [3.63, 3.8) is 0 Å². The number of benzene rings is 1. The molecule has 1 atom stereocenters. The van der Waals surface area contributed by atoms with Crippen LogP contribution in [0.2, 0.25) is 0 Å². The Labute approximate surface area is 122 Å². The van der Waals surface area contributed by atoms with E-state index in [1.165, 1.54) is 12.0 Å². The SMILES string of the molecule is COC(=O)C[C@H]1C(=O)NCCN1C(=O)Nc1ccccc1. The van der Waals surface area contributed by atoms with Crippen molar-refractivity contribution in [2.24, 2.45) is 0 Å². The van der Waals surface area contributed by atoms with Gasteiger partial charge in [0.05, 0.1) is 13.5 Å². The number of amides is 3. The van der Waals surface area contributed by atoms with E-state index in [9.17, 15) is 14.4 Å². The largest absolute Gasteiger partial charge is 0.469 e. The number of esters is 1. The fraction of sp³-hybridized carbons (Fsp3) is 0.357. The summed E-state index contributed by atoms with van der Waals surface area (Å²) in [6.07, 6.45) is -0.162. The highest BCUT2D eigenvalue weighted by atomic mass is 16.5. The number of anilines is 1. The lowest BCUT2D eigenvalue weighted by Crippen LogP contribution is -2.58. The van der Waals surface area contributed by atoms with E-state index >= 15 is 0 Å². The molecule has 112 valence electrons. The van der Waals surface area contributed by atoms with Gasteiger partial charge in [-0.25, -0.2) is 4.79 Å². The fourth-order valence-electron chi connectivity index (χ4n) is 2.12. The van der Waals surface area contributed by atoms with Gasteiger partial charge in [-0.3, -0.25) is 9.59 Å². The van der Waals surface area contributed by atoms with Crippen LogP contribution in [0, 0.1) is 0 Å². The first-order valence-electron chi connectivity index (χ1n) is 6.59. The van der Waals surface area contributed by atoms with Gasteiger partial charge < -0.3 is 20.3 Å². The number of nitrogens with zero attached hydrogens (tertiary/aromatic N) is 1. The normalized spacial score (nSPS) is 17.9. The number of rotatable bonds is 3. The number of carbonyl (C=O) groups excluding carboxylic acids is 3. The lowest BCUT2D eigenvalue weighted by Gasteiger charge is -2.34. The Morgan fingerprint density at radius 1 is 1.38 bits per heavy atom. The van der Waals surface area contributed by atoms with Gasteiger partial charge in [0.25, 0.3) is 0 Å². The summed E-state index contributed by atoms with van der Waals surface area (Å²) < 4.78 is 4.57. The second kappa shape index (κ2) is 6.74. The summed E-state index contributed by atoms with van der Waals surface area (Å²) in [6.45, 7) is 0.699. The predicted octanol–water partition coefficient (Wildman–Crippen LogP) is 0.582. The predicted molar refractivity (Wildman–Crippen MR) is 75.6 cm³/mol. The Morgan fingerprint density at radius 2 is 2.10 bits per heavy atom. The monoisotopic (exact) mass is 291 g/mol.